The molecule has 4 nitrogen and oxygen atoms in total. The highest BCUT2D eigenvalue weighted by Crippen LogP contribution is 2.23. The fraction of sp³-hybridized carbons (Fsp3) is 0.500. The third kappa shape index (κ3) is 3.28. The standard InChI is InChI=1S/C12H18O4/c1-3-4-11-7-10(8-15-13)5-6-12(11)9(2)16-14/h5-7,9,13-14H,3-4,8H2,1-2H3. The van der Waals surface area contributed by atoms with Gasteiger partial charge in [-0.25, -0.2) is 9.78 Å². The van der Waals surface area contributed by atoms with E-state index in [4.69, 9.17) is 10.5 Å². The number of aryl methyl sites for hydroxylation is 1. The van der Waals surface area contributed by atoms with Gasteiger partial charge in [-0.1, -0.05) is 31.5 Å². The summed E-state index contributed by atoms with van der Waals surface area (Å²) in [4.78, 5) is 8.45. The Morgan fingerprint density at radius 3 is 2.62 bits per heavy atom. The maximum Gasteiger partial charge on any atom is 0.115 e. The normalized spacial score (nSPS) is 12.8. The molecule has 16 heavy (non-hydrogen) atoms. The van der Waals surface area contributed by atoms with Gasteiger partial charge in [0.15, 0.2) is 0 Å². The fourth-order valence-electron chi connectivity index (χ4n) is 1.76. The van der Waals surface area contributed by atoms with E-state index >= 15 is 0 Å². The van der Waals surface area contributed by atoms with Crippen LogP contribution in [0.3, 0.4) is 0 Å². The lowest BCUT2D eigenvalue weighted by atomic mass is 9.97. The predicted molar refractivity (Wildman–Crippen MR) is 60.0 cm³/mol. The van der Waals surface area contributed by atoms with E-state index in [0.29, 0.717) is 0 Å². The Morgan fingerprint density at radius 1 is 1.31 bits per heavy atom. The summed E-state index contributed by atoms with van der Waals surface area (Å²) in [6.07, 6.45) is 1.57. The largest absolute Gasteiger partial charge is 0.251 e. The lowest BCUT2D eigenvalue weighted by Gasteiger charge is -2.14. The van der Waals surface area contributed by atoms with Crippen molar-refractivity contribution < 1.29 is 20.3 Å². The maximum absolute atomic E-state index is 8.69. The second kappa shape index (κ2) is 6.60. The van der Waals surface area contributed by atoms with E-state index in [1.807, 2.05) is 18.2 Å². The molecule has 90 valence electrons. The summed E-state index contributed by atoms with van der Waals surface area (Å²) >= 11 is 0. The van der Waals surface area contributed by atoms with Crippen LogP contribution in [0.15, 0.2) is 18.2 Å². The molecule has 0 saturated heterocycles. The van der Waals surface area contributed by atoms with Crippen LogP contribution in [0, 0.1) is 0 Å². The number of hydrogen-bond acceptors (Lipinski definition) is 4. The number of hydrogen-bond donors (Lipinski definition) is 2. The summed E-state index contributed by atoms with van der Waals surface area (Å²) in [5.74, 6) is 0. The minimum Gasteiger partial charge on any atom is -0.251 e. The van der Waals surface area contributed by atoms with Crippen LogP contribution in [-0.4, -0.2) is 10.5 Å². The van der Waals surface area contributed by atoms with Crippen molar-refractivity contribution in [3.8, 4) is 0 Å². The summed E-state index contributed by atoms with van der Waals surface area (Å²) in [7, 11) is 0. The Hall–Kier alpha value is -0.940. The molecule has 0 radical (unpaired) electrons. The molecule has 1 unspecified atom stereocenters. The molecule has 1 aromatic rings. The molecule has 4 heteroatoms. The minimum atomic E-state index is -0.342. The van der Waals surface area contributed by atoms with Crippen molar-refractivity contribution in [2.75, 3.05) is 0 Å². The van der Waals surface area contributed by atoms with Crippen molar-refractivity contribution in [1.82, 2.24) is 0 Å². The third-order valence-electron chi connectivity index (χ3n) is 2.55. The van der Waals surface area contributed by atoms with Crippen molar-refractivity contribution in [3.05, 3.63) is 34.9 Å². The average Bonchev–Trinajstić information content (AvgIpc) is 2.29. The van der Waals surface area contributed by atoms with Crippen molar-refractivity contribution in [1.29, 1.82) is 0 Å². The van der Waals surface area contributed by atoms with E-state index in [-0.39, 0.29) is 12.7 Å². The molecule has 0 amide bonds. The molecule has 1 aromatic carbocycles. The summed E-state index contributed by atoms with van der Waals surface area (Å²) in [5.41, 5.74) is 2.98. The topological polar surface area (TPSA) is 58.9 Å². The highest BCUT2D eigenvalue weighted by molar-refractivity contribution is 5.33. The zero-order valence-electron chi connectivity index (χ0n) is 9.64. The first-order valence-corrected chi connectivity index (χ1v) is 5.41. The molecular formula is C12H18O4. The SMILES string of the molecule is CCCc1cc(COO)ccc1C(C)OO. The molecule has 0 spiro atoms. The van der Waals surface area contributed by atoms with Crippen LogP contribution in [0.4, 0.5) is 0 Å². The first-order chi connectivity index (χ1) is 7.72. The molecule has 2 N–H and O–H groups in total. The van der Waals surface area contributed by atoms with Crippen molar-refractivity contribution in [2.24, 2.45) is 0 Å². The van der Waals surface area contributed by atoms with Gasteiger partial charge < -0.3 is 0 Å². The molecule has 1 rings (SSSR count). The van der Waals surface area contributed by atoms with Gasteiger partial charge in [0.1, 0.15) is 12.7 Å². The van der Waals surface area contributed by atoms with Crippen LogP contribution in [0.25, 0.3) is 0 Å². The predicted octanol–water partition coefficient (Wildman–Crippen LogP) is 3.18. The van der Waals surface area contributed by atoms with Gasteiger partial charge in [-0.3, -0.25) is 10.5 Å². The highest BCUT2D eigenvalue weighted by atomic mass is 17.1. The number of rotatable bonds is 6. The average molecular weight is 226 g/mol. The molecule has 0 bridgehead atoms. The molecule has 1 atom stereocenters. The second-order valence-electron chi connectivity index (χ2n) is 3.80. The monoisotopic (exact) mass is 226 g/mol. The van der Waals surface area contributed by atoms with Crippen LogP contribution in [0.1, 0.15) is 43.1 Å². The second-order valence-corrected chi connectivity index (χ2v) is 3.80. The van der Waals surface area contributed by atoms with Gasteiger partial charge in [-0.2, -0.15) is 0 Å². The van der Waals surface area contributed by atoms with Crippen molar-refractivity contribution in [2.45, 2.75) is 39.4 Å². The lowest BCUT2D eigenvalue weighted by Crippen LogP contribution is -2.03. The van der Waals surface area contributed by atoms with Crippen LogP contribution in [0.2, 0.25) is 0 Å². The number of benzene rings is 1. The molecule has 0 fully saturated rings. The Morgan fingerprint density at radius 2 is 2.06 bits per heavy atom. The van der Waals surface area contributed by atoms with E-state index in [0.717, 1.165) is 29.5 Å². The summed E-state index contributed by atoms with van der Waals surface area (Å²) in [6, 6.07) is 5.70. The quantitative estimate of drug-likeness (QED) is 0.577. The minimum absolute atomic E-state index is 0.172. The molecular weight excluding hydrogens is 208 g/mol. The zero-order chi connectivity index (χ0) is 12.0. The van der Waals surface area contributed by atoms with E-state index < -0.39 is 0 Å². The Kier molecular flexibility index (Phi) is 5.42. The molecule has 0 aromatic heterocycles. The van der Waals surface area contributed by atoms with Gasteiger partial charge in [0, 0.05) is 0 Å². The fourth-order valence-corrected chi connectivity index (χ4v) is 1.76. The molecule has 0 aliphatic heterocycles. The summed E-state index contributed by atoms with van der Waals surface area (Å²) in [6.45, 7) is 4.05. The van der Waals surface area contributed by atoms with E-state index in [1.165, 1.54) is 0 Å². The van der Waals surface area contributed by atoms with Gasteiger partial charge in [-0.05, 0) is 30.0 Å². The summed E-state index contributed by atoms with van der Waals surface area (Å²) in [5, 5.41) is 17.1. The summed E-state index contributed by atoms with van der Waals surface area (Å²) < 4.78 is 0. The van der Waals surface area contributed by atoms with E-state index in [2.05, 4.69) is 16.7 Å². The maximum atomic E-state index is 8.69. The van der Waals surface area contributed by atoms with Gasteiger partial charge in [0.05, 0.1) is 0 Å². The van der Waals surface area contributed by atoms with Gasteiger partial charge in [-0.15, -0.1) is 0 Å². The first-order valence-electron chi connectivity index (χ1n) is 5.41. The van der Waals surface area contributed by atoms with Crippen LogP contribution in [-0.2, 0) is 22.8 Å². The third-order valence-corrected chi connectivity index (χ3v) is 2.55. The van der Waals surface area contributed by atoms with Gasteiger partial charge in [0.2, 0.25) is 0 Å². The molecule has 0 heterocycles. The Labute approximate surface area is 95.3 Å². The van der Waals surface area contributed by atoms with Crippen molar-refractivity contribution >= 4 is 0 Å². The van der Waals surface area contributed by atoms with Crippen LogP contribution in [0.5, 0.6) is 0 Å². The first kappa shape index (κ1) is 13.1. The zero-order valence-corrected chi connectivity index (χ0v) is 9.64. The Bertz CT molecular complexity index is 325. The van der Waals surface area contributed by atoms with Gasteiger partial charge >= 0.3 is 0 Å². The Balaban J connectivity index is 2.98. The van der Waals surface area contributed by atoms with E-state index in [1.54, 1.807) is 6.92 Å². The van der Waals surface area contributed by atoms with Crippen molar-refractivity contribution in [3.63, 3.8) is 0 Å². The van der Waals surface area contributed by atoms with E-state index in [9.17, 15) is 0 Å². The molecule has 0 aliphatic carbocycles. The van der Waals surface area contributed by atoms with Gasteiger partial charge in [0.25, 0.3) is 0 Å². The lowest BCUT2D eigenvalue weighted by molar-refractivity contribution is -0.277. The van der Waals surface area contributed by atoms with Crippen LogP contribution >= 0.6 is 0 Å². The molecule has 0 saturated carbocycles. The van der Waals surface area contributed by atoms with Crippen LogP contribution < -0.4 is 0 Å². The smallest absolute Gasteiger partial charge is 0.115 e. The highest BCUT2D eigenvalue weighted by Gasteiger charge is 2.11. The molecule has 0 aliphatic rings.